The second-order valence-corrected chi connectivity index (χ2v) is 6.47. The van der Waals surface area contributed by atoms with E-state index in [-0.39, 0.29) is 12.2 Å². The molecule has 1 aromatic carbocycles. The molecule has 0 radical (unpaired) electrons. The number of pyridine rings is 1. The van der Waals surface area contributed by atoms with Gasteiger partial charge in [0.05, 0.1) is 23.2 Å². The first kappa shape index (κ1) is 15.0. The highest BCUT2D eigenvalue weighted by Crippen LogP contribution is 2.28. The van der Waals surface area contributed by atoms with Crippen molar-refractivity contribution in [2.75, 3.05) is 0 Å². The summed E-state index contributed by atoms with van der Waals surface area (Å²) in [6.07, 6.45) is 1.18. The Labute approximate surface area is 124 Å². The van der Waals surface area contributed by atoms with Gasteiger partial charge in [-0.15, -0.1) is 25.5 Å². The van der Waals surface area contributed by atoms with Crippen molar-refractivity contribution in [1.82, 2.24) is 4.98 Å². The third kappa shape index (κ3) is 2.58. The van der Waals surface area contributed by atoms with Crippen molar-refractivity contribution < 1.29 is 25.5 Å². The summed E-state index contributed by atoms with van der Waals surface area (Å²) < 4.78 is 64.2. The molecule has 1 aliphatic carbocycles. The molecule has 1 heterocycles. The van der Waals surface area contributed by atoms with Crippen LogP contribution in [0.5, 0.6) is 0 Å². The number of nitrogens with zero attached hydrogens (tertiary/aromatic N) is 1. The lowest BCUT2D eigenvalue weighted by molar-refractivity contribution is -0.133. The molecule has 0 bridgehead atoms. The normalized spacial score (nSPS) is 17.7. The first-order chi connectivity index (χ1) is 10.3. The monoisotopic (exact) mass is 330 g/mol. The van der Waals surface area contributed by atoms with Crippen LogP contribution in [-0.4, -0.2) is 24.7 Å². The number of aryl methyl sites for hydroxylation is 1. The Morgan fingerprint density at radius 2 is 1.86 bits per heavy atom. The van der Waals surface area contributed by atoms with Crippen molar-refractivity contribution in [3.8, 4) is 0 Å². The van der Waals surface area contributed by atoms with Gasteiger partial charge in [0, 0.05) is 5.39 Å². The molecule has 116 valence electrons. The number of hydrogen-bond acceptors (Lipinski definition) is 3. The van der Waals surface area contributed by atoms with Crippen LogP contribution in [-0.2, 0) is 16.5 Å². The summed E-state index contributed by atoms with van der Waals surface area (Å²) in [4.78, 5) is 4.38. The number of benzene rings is 1. The van der Waals surface area contributed by atoms with Crippen LogP contribution < -0.4 is 0 Å². The first-order valence-electron chi connectivity index (χ1n) is 6.53. The van der Waals surface area contributed by atoms with Crippen LogP contribution in [0.25, 0.3) is 10.9 Å². The third-order valence-corrected chi connectivity index (χ3v) is 4.40. The van der Waals surface area contributed by atoms with Gasteiger partial charge in [-0.05, 0) is 25.0 Å². The largest absolute Gasteiger partial charge is 0.602 e. The van der Waals surface area contributed by atoms with E-state index in [1.54, 1.807) is 30.3 Å². The predicted molar refractivity (Wildman–Crippen MR) is 74.0 cm³/mol. The molecule has 1 aliphatic rings. The Kier molecular flexibility index (Phi) is 3.43. The van der Waals surface area contributed by atoms with Crippen LogP contribution in [0.15, 0.2) is 30.3 Å². The zero-order chi connectivity index (χ0) is 16.0. The zero-order valence-electron chi connectivity index (χ0n) is 11.2. The molecule has 0 unspecified atom stereocenters. The lowest BCUT2D eigenvalue weighted by Gasteiger charge is -2.11. The average Bonchev–Trinajstić information content (AvgIpc) is 2.44. The van der Waals surface area contributed by atoms with E-state index in [2.05, 4.69) is 8.86 Å². The van der Waals surface area contributed by atoms with Gasteiger partial charge in [-0.2, -0.15) is 0 Å². The minimum atomic E-state index is -5.66. The standard InChI is InChI=1S/C14H11F3NO3S/c15-14(16,17)22(19,20)21-13-7-3-6-12-10(13)8-9-4-1-2-5-11(9)18-12/h1-2,4-5,8H,3,6-7H2/q+1. The molecule has 8 heteroatoms. The molecule has 4 nitrogen and oxygen atoms in total. The van der Waals surface area contributed by atoms with Crippen LogP contribution in [0.4, 0.5) is 13.2 Å². The second-order valence-electron chi connectivity index (χ2n) is 4.94. The van der Waals surface area contributed by atoms with E-state index in [0.717, 1.165) is 0 Å². The smallest absolute Gasteiger partial charge is 0.252 e. The van der Waals surface area contributed by atoms with E-state index in [4.69, 9.17) is 0 Å². The van der Waals surface area contributed by atoms with Gasteiger partial charge < -0.3 is 0 Å². The Hall–Kier alpha value is -1.96. The third-order valence-electron chi connectivity index (χ3n) is 3.41. The van der Waals surface area contributed by atoms with Crippen molar-refractivity contribution >= 4 is 26.8 Å². The van der Waals surface area contributed by atoms with Crippen LogP contribution in [0.2, 0.25) is 0 Å². The SMILES string of the molecule is O=S(=O)([O+]=C1CCCc2nc3ccccc3cc21)C(F)(F)F. The maximum Gasteiger partial charge on any atom is 0.602 e. The maximum atomic E-state index is 12.5. The van der Waals surface area contributed by atoms with Crippen LogP contribution >= 0.6 is 0 Å². The number of alkyl halides is 3. The zero-order valence-corrected chi connectivity index (χ0v) is 12.0. The van der Waals surface area contributed by atoms with E-state index < -0.39 is 15.6 Å². The molecule has 2 aromatic rings. The summed E-state index contributed by atoms with van der Waals surface area (Å²) in [5.41, 5.74) is -3.85. The maximum absolute atomic E-state index is 12.5. The Balaban J connectivity index is 2.18. The molecule has 0 atom stereocenters. The average molecular weight is 330 g/mol. The predicted octanol–water partition coefficient (Wildman–Crippen LogP) is 3.14. The fraction of sp³-hybridized carbons (Fsp3) is 0.286. The summed E-state index contributed by atoms with van der Waals surface area (Å²) >= 11 is 0. The Bertz CT molecular complexity index is 873. The lowest BCUT2D eigenvalue weighted by Crippen LogP contribution is -2.24. The summed E-state index contributed by atoms with van der Waals surface area (Å²) in [7, 11) is -5.66. The molecular weight excluding hydrogens is 319 g/mol. The Morgan fingerprint density at radius 1 is 1.14 bits per heavy atom. The molecule has 0 saturated carbocycles. The topological polar surface area (TPSA) is 58.3 Å². The number of para-hydroxylation sites is 1. The van der Waals surface area contributed by atoms with Gasteiger partial charge in [-0.25, -0.2) is 0 Å². The van der Waals surface area contributed by atoms with Gasteiger partial charge in [0.15, 0.2) is 0 Å². The molecule has 3 rings (SSSR count). The van der Waals surface area contributed by atoms with Gasteiger partial charge in [0.25, 0.3) is 0 Å². The van der Waals surface area contributed by atoms with Gasteiger partial charge >= 0.3 is 21.4 Å². The quantitative estimate of drug-likeness (QED) is 0.596. The van der Waals surface area contributed by atoms with Gasteiger partial charge in [0.2, 0.25) is 0 Å². The van der Waals surface area contributed by atoms with E-state index in [1.165, 1.54) is 0 Å². The van der Waals surface area contributed by atoms with E-state index in [9.17, 15) is 21.6 Å². The molecule has 0 fully saturated rings. The first-order valence-corrected chi connectivity index (χ1v) is 7.94. The number of rotatable bonds is 1. The Morgan fingerprint density at radius 3 is 2.59 bits per heavy atom. The van der Waals surface area contributed by atoms with Crippen molar-refractivity contribution in [2.24, 2.45) is 0 Å². The molecular formula is C14H11F3NO3S+. The van der Waals surface area contributed by atoms with Crippen LogP contribution in [0.3, 0.4) is 0 Å². The van der Waals surface area contributed by atoms with Crippen molar-refractivity contribution in [3.63, 3.8) is 0 Å². The molecule has 0 spiro atoms. The molecule has 0 aliphatic heterocycles. The number of halogens is 3. The highest BCUT2D eigenvalue weighted by molar-refractivity contribution is 7.86. The molecule has 1 aromatic heterocycles. The highest BCUT2D eigenvalue weighted by atomic mass is 32.2. The summed E-state index contributed by atoms with van der Waals surface area (Å²) in [5, 5.41) is 0.716. The highest BCUT2D eigenvalue weighted by Gasteiger charge is 2.57. The minimum Gasteiger partial charge on any atom is -0.252 e. The minimum absolute atomic E-state index is 0.127. The number of aromatic nitrogens is 1. The molecule has 0 amide bonds. The van der Waals surface area contributed by atoms with Gasteiger partial charge in [-0.3, -0.25) is 4.98 Å². The second kappa shape index (κ2) is 5.05. The van der Waals surface area contributed by atoms with Crippen LogP contribution in [0.1, 0.15) is 28.0 Å². The van der Waals surface area contributed by atoms with E-state index >= 15 is 0 Å². The molecule has 22 heavy (non-hydrogen) atoms. The van der Waals surface area contributed by atoms with E-state index in [1.807, 2.05) is 0 Å². The molecule has 0 N–H and O–H groups in total. The summed E-state index contributed by atoms with van der Waals surface area (Å²) in [6.45, 7) is 0. The fourth-order valence-corrected chi connectivity index (χ4v) is 2.94. The van der Waals surface area contributed by atoms with E-state index in [0.29, 0.717) is 35.0 Å². The number of hydrogen-bond donors (Lipinski definition) is 0. The van der Waals surface area contributed by atoms with Gasteiger partial charge in [0.1, 0.15) is 0 Å². The number of ketones is 1. The number of fused-ring (bicyclic) bond motifs is 2. The lowest BCUT2D eigenvalue weighted by atomic mass is 9.93. The van der Waals surface area contributed by atoms with Crippen molar-refractivity contribution in [2.45, 2.75) is 24.8 Å². The molecule has 0 saturated heterocycles. The van der Waals surface area contributed by atoms with Crippen molar-refractivity contribution in [1.29, 1.82) is 0 Å². The summed E-state index contributed by atoms with van der Waals surface area (Å²) in [6, 6.07) is 8.74. The fourth-order valence-electron chi connectivity index (χ4n) is 2.41. The van der Waals surface area contributed by atoms with Gasteiger partial charge in [-0.1, -0.05) is 18.2 Å². The van der Waals surface area contributed by atoms with Crippen molar-refractivity contribution in [3.05, 3.63) is 41.6 Å². The summed E-state index contributed by atoms with van der Waals surface area (Å²) in [5.74, 6) is -0.197. The van der Waals surface area contributed by atoms with Crippen LogP contribution in [0, 0.1) is 0 Å². The number of carbonyl (C=O) groups excluding carboxylic acids is 1.